The van der Waals surface area contributed by atoms with E-state index in [0.717, 1.165) is 5.56 Å². The Kier molecular flexibility index (Phi) is 12.0. The van der Waals surface area contributed by atoms with Crippen LogP contribution < -0.4 is 9.47 Å². The fourth-order valence-corrected chi connectivity index (χ4v) is 3.65. The first-order valence-electron chi connectivity index (χ1n) is 14.1. The van der Waals surface area contributed by atoms with E-state index in [1.165, 1.54) is 0 Å². The molecule has 0 bridgehead atoms. The summed E-state index contributed by atoms with van der Waals surface area (Å²) in [6, 6.07) is 26.5. The minimum atomic E-state index is -0.419. The summed E-state index contributed by atoms with van der Waals surface area (Å²) >= 11 is 0. The SMILES string of the molecule is CCOC(=O)COc1ccc(N=Nc2ccc(N=Nc3ccc(N=Nc4ccc(OCC(=O)OCC)cc4)cc3C)cc2)cc1. The first kappa shape index (κ1) is 32.1. The van der Waals surface area contributed by atoms with Crippen LogP contribution in [0.15, 0.2) is 122 Å². The van der Waals surface area contributed by atoms with Gasteiger partial charge in [0.15, 0.2) is 13.2 Å². The van der Waals surface area contributed by atoms with Crippen molar-refractivity contribution in [2.75, 3.05) is 26.4 Å². The van der Waals surface area contributed by atoms with Crippen LogP contribution in [0.4, 0.5) is 34.1 Å². The third-order valence-corrected chi connectivity index (χ3v) is 5.86. The van der Waals surface area contributed by atoms with E-state index in [4.69, 9.17) is 18.9 Å². The van der Waals surface area contributed by atoms with E-state index >= 15 is 0 Å². The van der Waals surface area contributed by atoms with E-state index in [-0.39, 0.29) is 13.2 Å². The number of aryl methyl sites for hydroxylation is 1. The molecule has 0 unspecified atom stereocenters. The molecule has 0 spiro atoms. The van der Waals surface area contributed by atoms with Crippen molar-refractivity contribution in [3.05, 3.63) is 96.6 Å². The third-order valence-electron chi connectivity index (χ3n) is 5.86. The average Bonchev–Trinajstić information content (AvgIpc) is 3.06. The van der Waals surface area contributed by atoms with Gasteiger partial charge in [-0.2, -0.15) is 30.7 Å². The fourth-order valence-electron chi connectivity index (χ4n) is 3.65. The van der Waals surface area contributed by atoms with Gasteiger partial charge in [-0.05, 0) is 117 Å². The number of ether oxygens (including phenoxy) is 4. The topological polar surface area (TPSA) is 145 Å². The van der Waals surface area contributed by atoms with Crippen LogP contribution in [0, 0.1) is 6.92 Å². The first-order chi connectivity index (χ1) is 21.9. The highest BCUT2D eigenvalue weighted by Crippen LogP contribution is 2.29. The molecule has 0 aliphatic carbocycles. The molecule has 0 aliphatic rings. The summed E-state index contributed by atoms with van der Waals surface area (Å²) in [6.45, 7) is 5.73. The van der Waals surface area contributed by atoms with E-state index < -0.39 is 11.9 Å². The van der Waals surface area contributed by atoms with Crippen molar-refractivity contribution in [2.45, 2.75) is 20.8 Å². The van der Waals surface area contributed by atoms with Gasteiger partial charge in [0.1, 0.15) is 11.5 Å². The average molecular weight is 609 g/mol. The van der Waals surface area contributed by atoms with Gasteiger partial charge < -0.3 is 18.9 Å². The molecule has 0 fully saturated rings. The van der Waals surface area contributed by atoms with Crippen LogP contribution in [-0.2, 0) is 19.1 Å². The maximum Gasteiger partial charge on any atom is 0.344 e. The molecular weight excluding hydrogens is 576 g/mol. The van der Waals surface area contributed by atoms with E-state index in [2.05, 4.69) is 30.7 Å². The lowest BCUT2D eigenvalue weighted by Gasteiger charge is -2.05. The van der Waals surface area contributed by atoms with Crippen molar-refractivity contribution in [3.8, 4) is 11.5 Å². The van der Waals surface area contributed by atoms with Crippen LogP contribution >= 0.6 is 0 Å². The van der Waals surface area contributed by atoms with Crippen LogP contribution in [-0.4, -0.2) is 38.4 Å². The summed E-state index contributed by atoms with van der Waals surface area (Å²) in [5, 5.41) is 25.7. The minimum Gasteiger partial charge on any atom is -0.482 e. The Balaban J connectivity index is 1.27. The van der Waals surface area contributed by atoms with Gasteiger partial charge in [-0.3, -0.25) is 0 Å². The van der Waals surface area contributed by atoms with Crippen molar-refractivity contribution in [3.63, 3.8) is 0 Å². The quantitative estimate of drug-likeness (QED) is 0.103. The number of esters is 2. The monoisotopic (exact) mass is 608 g/mol. The zero-order chi connectivity index (χ0) is 31.9. The summed E-state index contributed by atoms with van der Waals surface area (Å²) in [4.78, 5) is 22.8. The van der Waals surface area contributed by atoms with Gasteiger partial charge in [-0.25, -0.2) is 9.59 Å². The Labute approximate surface area is 260 Å². The number of carbonyl (C=O) groups is 2. The van der Waals surface area contributed by atoms with Gasteiger partial charge >= 0.3 is 11.9 Å². The number of nitrogens with zero attached hydrogens (tertiary/aromatic N) is 6. The highest BCUT2D eigenvalue weighted by Gasteiger charge is 2.05. The number of carbonyl (C=O) groups excluding carboxylic acids is 2. The Morgan fingerprint density at radius 2 is 0.867 bits per heavy atom. The summed E-state index contributed by atoms with van der Waals surface area (Å²) in [5.41, 5.74) is 4.85. The van der Waals surface area contributed by atoms with Crippen LogP contribution in [0.25, 0.3) is 0 Å². The lowest BCUT2D eigenvalue weighted by atomic mass is 10.2. The van der Waals surface area contributed by atoms with Gasteiger partial charge in [-0.1, -0.05) is 0 Å². The van der Waals surface area contributed by atoms with Crippen LogP contribution in [0.2, 0.25) is 0 Å². The molecule has 0 radical (unpaired) electrons. The summed E-state index contributed by atoms with van der Waals surface area (Å²) in [7, 11) is 0. The van der Waals surface area contributed by atoms with Crippen molar-refractivity contribution in [2.24, 2.45) is 30.7 Å². The maximum absolute atomic E-state index is 11.4. The van der Waals surface area contributed by atoms with Crippen LogP contribution in [0.1, 0.15) is 19.4 Å². The number of benzene rings is 4. The largest absolute Gasteiger partial charge is 0.482 e. The maximum atomic E-state index is 11.4. The Morgan fingerprint density at radius 1 is 0.511 bits per heavy atom. The summed E-state index contributed by atoms with van der Waals surface area (Å²) in [6.07, 6.45) is 0. The number of azo groups is 3. The lowest BCUT2D eigenvalue weighted by Crippen LogP contribution is -2.14. The molecule has 0 heterocycles. The molecule has 0 aromatic heterocycles. The van der Waals surface area contributed by atoms with E-state index in [1.807, 2.05) is 25.1 Å². The van der Waals surface area contributed by atoms with Crippen LogP contribution in [0.5, 0.6) is 11.5 Å². The predicted octanol–water partition coefficient (Wildman–Crippen LogP) is 9.13. The molecule has 4 rings (SSSR count). The molecule has 4 aromatic carbocycles. The first-order valence-corrected chi connectivity index (χ1v) is 14.1. The minimum absolute atomic E-state index is 0.148. The molecule has 45 heavy (non-hydrogen) atoms. The second kappa shape index (κ2) is 16.8. The Bertz CT molecular complexity index is 1650. The molecule has 12 nitrogen and oxygen atoms in total. The van der Waals surface area contributed by atoms with Crippen LogP contribution in [0.3, 0.4) is 0 Å². The number of hydrogen-bond donors (Lipinski definition) is 0. The Hall–Kier alpha value is -5.78. The van der Waals surface area contributed by atoms with E-state index in [0.29, 0.717) is 58.8 Å². The molecule has 0 saturated heterocycles. The number of hydrogen-bond acceptors (Lipinski definition) is 12. The van der Waals surface area contributed by atoms with Gasteiger partial charge in [0.05, 0.1) is 47.3 Å². The highest BCUT2D eigenvalue weighted by atomic mass is 16.6. The zero-order valence-electron chi connectivity index (χ0n) is 25.1. The van der Waals surface area contributed by atoms with Crippen molar-refractivity contribution < 1.29 is 28.5 Å². The molecule has 0 atom stereocenters. The van der Waals surface area contributed by atoms with Gasteiger partial charge in [0.2, 0.25) is 0 Å². The van der Waals surface area contributed by atoms with Crippen molar-refractivity contribution >= 4 is 46.1 Å². The normalized spacial score (nSPS) is 11.3. The molecule has 0 aliphatic heterocycles. The number of rotatable bonds is 14. The zero-order valence-corrected chi connectivity index (χ0v) is 25.1. The second-order valence-electron chi connectivity index (χ2n) is 9.26. The van der Waals surface area contributed by atoms with Gasteiger partial charge in [0.25, 0.3) is 0 Å². The van der Waals surface area contributed by atoms with E-state index in [9.17, 15) is 9.59 Å². The molecule has 0 amide bonds. The predicted molar refractivity (Wildman–Crippen MR) is 167 cm³/mol. The molecule has 0 saturated carbocycles. The smallest absolute Gasteiger partial charge is 0.344 e. The lowest BCUT2D eigenvalue weighted by molar-refractivity contribution is -0.146. The van der Waals surface area contributed by atoms with E-state index in [1.54, 1.807) is 86.6 Å². The second-order valence-corrected chi connectivity index (χ2v) is 9.26. The molecule has 12 heteroatoms. The van der Waals surface area contributed by atoms with Gasteiger partial charge in [-0.15, -0.1) is 0 Å². The van der Waals surface area contributed by atoms with Gasteiger partial charge in [0, 0.05) is 0 Å². The fraction of sp³-hybridized carbons (Fsp3) is 0.212. The molecule has 230 valence electrons. The van der Waals surface area contributed by atoms with Crippen molar-refractivity contribution in [1.82, 2.24) is 0 Å². The third kappa shape index (κ3) is 10.8. The molecule has 4 aromatic rings. The van der Waals surface area contributed by atoms with Crippen molar-refractivity contribution in [1.29, 1.82) is 0 Å². The summed E-state index contributed by atoms with van der Waals surface area (Å²) in [5.74, 6) is 0.235. The molecule has 0 N–H and O–H groups in total. The highest BCUT2D eigenvalue weighted by molar-refractivity contribution is 5.71. The molecular formula is C33H32N6O6. The summed E-state index contributed by atoms with van der Waals surface area (Å²) < 4.78 is 20.4. The standard InChI is InChI=1S/C33H32N6O6/c1-4-42-32(40)21-44-29-15-10-26(11-16-29)35-34-24-6-8-25(9-7-24)37-39-31-19-14-28(20-23(31)3)38-36-27-12-17-30(18-13-27)45-22-33(41)43-5-2/h6-20H,4-5,21-22H2,1-3H3. The Morgan fingerprint density at radius 3 is 1.27 bits per heavy atom.